The molecule has 1 aliphatic rings. The third-order valence-corrected chi connectivity index (χ3v) is 6.32. The molecule has 8 nitrogen and oxygen atoms in total. The zero-order valence-electron chi connectivity index (χ0n) is 20.5. The molecule has 1 saturated heterocycles. The summed E-state index contributed by atoms with van der Waals surface area (Å²) in [7, 11) is 0. The summed E-state index contributed by atoms with van der Waals surface area (Å²) < 4.78 is 68.5. The number of H-pyrrole nitrogens is 1. The van der Waals surface area contributed by atoms with E-state index >= 15 is 0 Å². The van der Waals surface area contributed by atoms with Crippen molar-refractivity contribution in [2.24, 2.45) is 0 Å². The maximum absolute atomic E-state index is 14.7. The highest BCUT2D eigenvalue weighted by Crippen LogP contribution is 2.31. The molecular weight excluding hydrogens is 511 g/mol. The Bertz CT molecular complexity index is 1300. The fraction of sp³-hybridized carbons (Fsp3) is 0.400. The standard InChI is InChI=1S/C25H25F5N6O2/c1-13(2)16-8-9-17(31-23(16)27)21(14-6-4-3-5-7-14)32-24(38)19-10-15(26)12-36(19)20(37)11-18-22(25(28,29)30)34-35-33-18/h3-9,13,15,19,21H,10-12H2,1-2H3,(H,32,38)(H,33,34,35). The Balaban J connectivity index is 1.58. The summed E-state index contributed by atoms with van der Waals surface area (Å²) in [5.74, 6) is -2.48. The summed E-state index contributed by atoms with van der Waals surface area (Å²) in [5, 5.41) is 11.0. The number of rotatable bonds is 7. The number of amides is 2. The van der Waals surface area contributed by atoms with Crippen molar-refractivity contribution in [3.8, 4) is 0 Å². The lowest BCUT2D eigenvalue weighted by Crippen LogP contribution is -2.47. The number of pyridine rings is 1. The predicted octanol–water partition coefficient (Wildman–Crippen LogP) is 3.87. The zero-order valence-corrected chi connectivity index (χ0v) is 20.5. The van der Waals surface area contributed by atoms with Crippen molar-refractivity contribution >= 4 is 11.8 Å². The molecule has 0 radical (unpaired) electrons. The first-order valence-electron chi connectivity index (χ1n) is 11.9. The summed E-state index contributed by atoms with van der Waals surface area (Å²) >= 11 is 0. The maximum Gasteiger partial charge on any atom is 0.437 e. The molecule has 3 atom stereocenters. The zero-order chi connectivity index (χ0) is 27.6. The van der Waals surface area contributed by atoms with Crippen LogP contribution in [-0.4, -0.2) is 55.9 Å². The largest absolute Gasteiger partial charge is 0.437 e. The molecule has 0 bridgehead atoms. The highest BCUT2D eigenvalue weighted by Gasteiger charge is 2.43. The first-order valence-corrected chi connectivity index (χ1v) is 11.9. The van der Waals surface area contributed by atoms with Gasteiger partial charge in [-0.2, -0.15) is 33.0 Å². The van der Waals surface area contributed by atoms with Gasteiger partial charge in [0.05, 0.1) is 24.7 Å². The lowest BCUT2D eigenvalue weighted by atomic mass is 9.99. The maximum atomic E-state index is 14.7. The minimum atomic E-state index is -4.84. The Labute approximate surface area is 214 Å². The fourth-order valence-electron chi connectivity index (χ4n) is 4.42. The summed E-state index contributed by atoms with van der Waals surface area (Å²) in [6.07, 6.45) is -7.58. The van der Waals surface area contributed by atoms with E-state index in [1.54, 1.807) is 42.5 Å². The molecule has 3 unspecified atom stereocenters. The summed E-state index contributed by atoms with van der Waals surface area (Å²) in [4.78, 5) is 31.2. The first-order chi connectivity index (χ1) is 18.0. The van der Waals surface area contributed by atoms with Gasteiger partial charge in [-0.1, -0.05) is 50.2 Å². The molecule has 3 heterocycles. The fourth-order valence-corrected chi connectivity index (χ4v) is 4.42. The van der Waals surface area contributed by atoms with E-state index in [2.05, 4.69) is 20.5 Å². The normalized spacial score (nSPS) is 18.6. The molecule has 2 N–H and O–H groups in total. The highest BCUT2D eigenvalue weighted by molar-refractivity contribution is 5.89. The second kappa shape index (κ2) is 10.8. The van der Waals surface area contributed by atoms with E-state index in [9.17, 15) is 31.5 Å². The van der Waals surface area contributed by atoms with E-state index in [1.807, 2.05) is 19.1 Å². The number of alkyl halides is 4. The van der Waals surface area contributed by atoms with Crippen LogP contribution in [-0.2, 0) is 22.2 Å². The van der Waals surface area contributed by atoms with Crippen molar-refractivity contribution in [3.05, 3.63) is 76.6 Å². The van der Waals surface area contributed by atoms with Crippen LogP contribution in [0.2, 0.25) is 0 Å². The minimum Gasteiger partial charge on any atom is -0.342 e. The van der Waals surface area contributed by atoms with Gasteiger partial charge in [0.1, 0.15) is 17.9 Å². The van der Waals surface area contributed by atoms with Crippen LogP contribution >= 0.6 is 0 Å². The highest BCUT2D eigenvalue weighted by atomic mass is 19.4. The van der Waals surface area contributed by atoms with Crippen molar-refractivity contribution in [3.63, 3.8) is 0 Å². The average molecular weight is 537 g/mol. The monoisotopic (exact) mass is 536 g/mol. The van der Waals surface area contributed by atoms with Crippen LogP contribution in [0.1, 0.15) is 60.4 Å². The summed E-state index contributed by atoms with van der Waals surface area (Å²) in [6.45, 7) is 3.15. The number of aromatic nitrogens is 4. The molecule has 1 aliphatic heterocycles. The molecular formula is C25H25F5N6O2. The van der Waals surface area contributed by atoms with Gasteiger partial charge in [0, 0.05) is 12.0 Å². The number of benzene rings is 1. The van der Waals surface area contributed by atoms with Crippen LogP contribution in [0.4, 0.5) is 22.0 Å². The number of halogens is 5. The number of aromatic amines is 1. The van der Waals surface area contributed by atoms with Crippen molar-refractivity contribution in [1.29, 1.82) is 0 Å². The second-order valence-electron chi connectivity index (χ2n) is 9.31. The molecule has 4 rings (SSSR count). The van der Waals surface area contributed by atoms with Gasteiger partial charge in [-0.3, -0.25) is 9.59 Å². The first kappa shape index (κ1) is 27.1. The van der Waals surface area contributed by atoms with E-state index < -0.39 is 66.5 Å². The minimum absolute atomic E-state index is 0.122. The van der Waals surface area contributed by atoms with Crippen LogP contribution in [0, 0.1) is 5.95 Å². The van der Waals surface area contributed by atoms with Crippen molar-refractivity contribution < 1.29 is 31.5 Å². The third-order valence-electron chi connectivity index (χ3n) is 6.32. The predicted molar refractivity (Wildman–Crippen MR) is 125 cm³/mol. The van der Waals surface area contributed by atoms with E-state index in [0.717, 1.165) is 4.90 Å². The molecule has 0 aliphatic carbocycles. The smallest absolute Gasteiger partial charge is 0.342 e. The Morgan fingerprint density at radius 1 is 1.13 bits per heavy atom. The Morgan fingerprint density at radius 2 is 1.84 bits per heavy atom. The Kier molecular flexibility index (Phi) is 7.74. The molecule has 13 heteroatoms. The SMILES string of the molecule is CC(C)c1ccc(C(NC(=O)C2CC(F)CN2C(=O)Cc2n[nH]nc2C(F)(F)F)c2ccccc2)nc1F. The Morgan fingerprint density at radius 3 is 2.47 bits per heavy atom. The molecule has 1 aromatic carbocycles. The van der Waals surface area contributed by atoms with E-state index in [0.29, 0.717) is 11.1 Å². The van der Waals surface area contributed by atoms with Crippen molar-refractivity contribution in [1.82, 2.24) is 30.6 Å². The van der Waals surface area contributed by atoms with Gasteiger partial charge in [-0.05, 0) is 17.5 Å². The van der Waals surface area contributed by atoms with E-state index in [-0.39, 0.29) is 18.0 Å². The molecule has 2 aromatic heterocycles. The van der Waals surface area contributed by atoms with Crippen LogP contribution in [0.25, 0.3) is 0 Å². The number of hydrogen-bond acceptors (Lipinski definition) is 5. The number of nitrogens with zero attached hydrogens (tertiary/aromatic N) is 4. The second-order valence-corrected chi connectivity index (χ2v) is 9.31. The quantitative estimate of drug-likeness (QED) is 0.353. The lowest BCUT2D eigenvalue weighted by molar-refractivity contribution is -0.143. The summed E-state index contributed by atoms with van der Waals surface area (Å²) in [5.41, 5.74) is -0.863. The number of carbonyl (C=O) groups excluding carboxylic acids is 2. The number of hydrogen-bond donors (Lipinski definition) is 2. The van der Waals surface area contributed by atoms with Gasteiger partial charge in [0.2, 0.25) is 17.8 Å². The molecule has 2 amide bonds. The summed E-state index contributed by atoms with van der Waals surface area (Å²) in [6, 6.07) is 9.49. The van der Waals surface area contributed by atoms with Crippen molar-refractivity contribution in [2.75, 3.05) is 6.54 Å². The van der Waals surface area contributed by atoms with Crippen LogP contribution in [0.3, 0.4) is 0 Å². The molecule has 202 valence electrons. The van der Waals surface area contributed by atoms with Crippen LogP contribution in [0.15, 0.2) is 42.5 Å². The number of nitrogens with one attached hydrogen (secondary N) is 2. The molecule has 1 fully saturated rings. The molecule has 3 aromatic rings. The average Bonchev–Trinajstić information content (AvgIpc) is 3.49. The van der Waals surface area contributed by atoms with Crippen LogP contribution < -0.4 is 5.32 Å². The number of likely N-dealkylation sites (tertiary alicyclic amines) is 1. The van der Waals surface area contributed by atoms with Crippen molar-refractivity contribution in [2.45, 2.75) is 57.0 Å². The van der Waals surface area contributed by atoms with Gasteiger partial charge < -0.3 is 10.2 Å². The third kappa shape index (κ3) is 5.81. The Hall–Kier alpha value is -3.90. The van der Waals surface area contributed by atoms with Gasteiger partial charge >= 0.3 is 6.18 Å². The van der Waals surface area contributed by atoms with Gasteiger partial charge in [-0.15, -0.1) is 0 Å². The molecule has 0 saturated carbocycles. The number of carbonyl (C=O) groups is 2. The lowest BCUT2D eigenvalue weighted by Gasteiger charge is -2.26. The van der Waals surface area contributed by atoms with E-state index in [4.69, 9.17) is 0 Å². The topological polar surface area (TPSA) is 104 Å². The van der Waals surface area contributed by atoms with E-state index in [1.165, 1.54) is 0 Å². The van der Waals surface area contributed by atoms with Crippen LogP contribution in [0.5, 0.6) is 0 Å². The van der Waals surface area contributed by atoms with Gasteiger partial charge in [0.15, 0.2) is 5.69 Å². The van der Waals surface area contributed by atoms with Gasteiger partial charge in [-0.25, -0.2) is 9.37 Å². The molecule has 38 heavy (non-hydrogen) atoms. The van der Waals surface area contributed by atoms with Gasteiger partial charge in [0.25, 0.3) is 0 Å². The molecule has 0 spiro atoms.